The normalized spacial score (nSPS) is 14.1. The first kappa shape index (κ1) is 24.6. The van der Waals surface area contributed by atoms with Gasteiger partial charge in [0.1, 0.15) is 5.82 Å². The summed E-state index contributed by atoms with van der Waals surface area (Å²) < 4.78 is 26.6. The van der Waals surface area contributed by atoms with E-state index in [0.717, 1.165) is 54.0 Å². The van der Waals surface area contributed by atoms with E-state index in [-0.39, 0.29) is 17.6 Å². The Balaban J connectivity index is 1.25. The van der Waals surface area contributed by atoms with Gasteiger partial charge in [-0.05, 0) is 60.4 Å². The predicted octanol–water partition coefficient (Wildman–Crippen LogP) is 4.77. The van der Waals surface area contributed by atoms with E-state index in [1.807, 2.05) is 48.5 Å². The number of piperidine rings is 1. The fourth-order valence-electron chi connectivity index (χ4n) is 4.94. The first-order chi connectivity index (χ1) is 18.1. The third kappa shape index (κ3) is 5.38. The number of anilines is 1. The van der Waals surface area contributed by atoms with E-state index >= 15 is 0 Å². The van der Waals surface area contributed by atoms with Crippen LogP contribution in [0.15, 0.2) is 66.7 Å². The van der Waals surface area contributed by atoms with Crippen molar-refractivity contribution >= 4 is 22.9 Å². The maximum Gasteiger partial charge on any atom is 0.223 e. The average molecular weight is 503 g/mol. The smallest absolute Gasteiger partial charge is 0.223 e. The van der Waals surface area contributed by atoms with Crippen LogP contribution in [0.4, 0.5) is 10.3 Å². The van der Waals surface area contributed by atoms with Crippen molar-refractivity contribution in [2.24, 2.45) is 5.92 Å². The number of para-hydroxylation sites is 2. The monoisotopic (exact) mass is 502 g/mol. The number of rotatable bonds is 8. The molecule has 1 amide bonds. The van der Waals surface area contributed by atoms with Crippen molar-refractivity contribution in [3.63, 3.8) is 0 Å². The summed E-state index contributed by atoms with van der Waals surface area (Å²) in [7, 11) is 3.20. The van der Waals surface area contributed by atoms with Gasteiger partial charge in [0.2, 0.25) is 11.9 Å². The molecule has 0 spiro atoms. The highest BCUT2D eigenvalue weighted by Crippen LogP contribution is 2.29. The number of amides is 1. The summed E-state index contributed by atoms with van der Waals surface area (Å²) >= 11 is 0. The first-order valence-electron chi connectivity index (χ1n) is 12.5. The summed E-state index contributed by atoms with van der Waals surface area (Å²) in [6, 6.07) is 20.3. The molecule has 1 fully saturated rings. The SMILES string of the molecule is COc1ccc(CNC(=O)C2CCN(c3nc4ccccc4n3Cc3cccc(F)c3)CC2)cc1OC. The van der Waals surface area contributed by atoms with Crippen molar-refractivity contribution in [1.82, 2.24) is 14.9 Å². The maximum atomic E-state index is 13.8. The summed E-state index contributed by atoms with van der Waals surface area (Å²) in [4.78, 5) is 20.1. The second-order valence-electron chi connectivity index (χ2n) is 9.29. The lowest BCUT2D eigenvalue weighted by Crippen LogP contribution is -2.41. The van der Waals surface area contributed by atoms with E-state index in [2.05, 4.69) is 14.8 Å². The molecule has 8 heteroatoms. The van der Waals surface area contributed by atoms with E-state index in [1.54, 1.807) is 26.4 Å². The second-order valence-corrected chi connectivity index (χ2v) is 9.29. The van der Waals surface area contributed by atoms with Gasteiger partial charge in [-0.2, -0.15) is 0 Å². The van der Waals surface area contributed by atoms with E-state index in [1.165, 1.54) is 6.07 Å². The number of nitrogens with one attached hydrogen (secondary N) is 1. The van der Waals surface area contributed by atoms with Crippen molar-refractivity contribution in [1.29, 1.82) is 0 Å². The van der Waals surface area contributed by atoms with Crippen LogP contribution in [-0.2, 0) is 17.9 Å². The lowest BCUT2D eigenvalue weighted by atomic mass is 9.96. The summed E-state index contributed by atoms with van der Waals surface area (Å²) in [5.41, 5.74) is 3.75. The number of carbonyl (C=O) groups is 1. The molecule has 0 radical (unpaired) electrons. The van der Waals surface area contributed by atoms with E-state index in [9.17, 15) is 9.18 Å². The lowest BCUT2D eigenvalue weighted by molar-refractivity contribution is -0.125. The molecule has 1 aromatic heterocycles. The molecule has 5 rings (SSSR count). The predicted molar refractivity (Wildman–Crippen MR) is 142 cm³/mol. The largest absolute Gasteiger partial charge is 0.493 e. The molecular weight excluding hydrogens is 471 g/mol. The molecule has 0 saturated carbocycles. The Labute approximate surface area is 215 Å². The Morgan fingerprint density at radius 3 is 2.51 bits per heavy atom. The molecule has 1 aliphatic rings. The van der Waals surface area contributed by atoms with Crippen molar-refractivity contribution in [2.45, 2.75) is 25.9 Å². The third-order valence-electron chi connectivity index (χ3n) is 6.93. The van der Waals surface area contributed by atoms with Crippen molar-refractivity contribution in [3.05, 3.63) is 83.7 Å². The number of ether oxygens (including phenoxy) is 2. The zero-order valence-corrected chi connectivity index (χ0v) is 21.1. The minimum atomic E-state index is -0.247. The van der Waals surface area contributed by atoms with Crippen molar-refractivity contribution in [2.75, 3.05) is 32.2 Å². The fourth-order valence-corrected chi connectivity index (χ4v) is 4.94. The highest BCUT2D eigenvalue weighted by Gasteiger charge is 2.27. The topological polar surface area (TPSA) is 68.6 Å². The van der Waals surface area contributed by atoms with Crippen LogP contribution >= 0.6 is 0 Å². The average Bonchev–Trinajstić information content (AvgIpc) is 3.29. The number of fused-ring (bicyclic) bond motifs is 1. The molecule has 1 aliphatic heterocycles. The molecule has 192 valence electrons. The zero-order chi connectivity index (χ0) is 25.8. The first-order valence-corrected chi connectivity index (χ1v) is 12.5. The molecule has 7 nitrogen and oxygen atoms in total. The van der Waals surface area contributed by atoms with Crippen molar-refractivity contribution in [3.8, 4) is 11.5 Å². The molecule has 1 N–H and O–H groups in total. The van der Waals surface area contributed by atoms with Gasteiger partial charge < -0.3 is 24.3 Å². The van der Waals surface area contributed by atoms with Crippen LogP contribution in [-0.4, -0.2) is 42.8 Å². The molecule has 0 atom stereocenters. The molecule has 1 saturated heterocycles. The molecule has 0 bridgehead atoms. The Bertz CT molecular complexity index is 1400. The standard InChI is InChI=1S/C29H31FN4O3/c1-36-26-11-10-20(17-27(26)37-2)18-31-28(35)22-12-14-33(15-13-22)29-32-24-8-3-4-9-25(24)34(29)19-21-6-5-7-23(30)16-21/h3-11,16-17,22H,12-15,18-19H2,1-2H3,(H,31,35). The van der Waals surface area contributed by atoms with Gasteiger partial charge in [0.15, 0.2) is 11.5 Å². The lowest BCUT2D eigenvalue weighted by Gasteiger charge is -2.32. The van der Waals surface area contributed by atoms with Crippen LogP contribution in [0, 0.1) is 11.7 Å². The van der Waals surface area contributed by atoms with Crippen LogP contribution in [0.5, 0.6) is 11.5 Å². The van der Waals surface area contributed by atoms with Crippen LogP contribution in [0.2, 0.25) is 0 Å². The van der Waals surface area contributed by atoms with E-state index < -0.39 is 0 Å². The number of aromatic nitrogens is 2. The van der Waals surface area contributed by atoms with Crippen LogP contribution in [0.25, 0.3) is 11.0 Å². The summed E-state index contributed by atoms with van der Waals surface area (Å²) in [5.74, 6) is 1.91. The zero-order valence-electron chi connectivity index (χ0n) is 21.1. The van der Waals surface area contributed by atoms with Crippen molar-refractivity contribution < 1.29 is 18.7 Å². The number of hydrogen-bond donors (Lipinski definition) is 1. The summed E-state index contributed by atoms with van der Waals surface area (Å²) in [6.45, 7) is 2.41. The van der Waals surface area contributed by atoms with E-state index in [4.69, 9.17) is 14.5 Å². The molecular formula is C29H31FN4O3. The van der Waals surface area contributed by atoms with Crippen LogP contribution < -0.4 is 19.7 Å². The van der Waals surface area contributed by atoms with Gasteiger partial charge in [-0.3, -0.25) is 4.79 Å². The Hall–Kier alpha value is -4.07. The van der Waals surface area contributed by atoms with Gasteiger partial charge in [0.25, 0.3) is 0 Å². The number of hydrogen-bond acceptors (Lipinski definition) is 5. The fraction of sp³-hybridized carbons (Fsp3) is 0.310. The highest BCUT2D eigenvalue weighted by atomic mass is 19.1. The number of carbonyl (C=O) groups excluding carboxylic acids is 1. The number of nitrogens with zero attached hydrogens (tertiary/aromatic N) is 3. The summed E-state index contributed by atoms with van der Waals surface area (Å²) in [6.07, 6.45) is 1.47. The van der Waals surface area contributed by atoms with Gasteiger partial charge in [-0.1, -0.05) is 30.3 Å². The molecule has 0 aliphatic carbocycles. The number of imidazole rings is 1. The summed E-state index contributed by atoms with van der Waals surface area (Å²) in [5, 5.41) is 3.07. The van der Waals surface area contributed by atoms with Gasteiger partial charge in [-0.25, -0.2) is 9.37 Å². The minimum Gasteiger partial charge on any atom is -0.493 e. The van der Waals surface area contributed by atoms with Gasteiger partial charge in [0, 0.05) is 25.6 Å². The van der Waals surface area contributed by atoms with Gasteiger partial charge in [-0.15, -0.1) is 0 Å². The number of benzene rings is 3. The molecule has 3 aromatic carbocycles. The Morgan fingerprint density at radius 2 is 1.76 bits per heavy atom. The Kier molecular flexibility index (Phi) is 7.25. The second kappa shape index (κ2) is 10.9. The minimum absolute atomic E-state index is 0.0579. The highest BCUT2D eigenvalue weighted by molar-refractivity contribution is 5.80. The van der Waals surface area contributed by atoms with E-state index in [0.29, 0.717) is 24.6 Å². The molecule has 2 heterocycles. The number of halogens is 1. The van der Waals surface area contributed by atoms with Gasteiger partial charge >= 0.3 is 0 Å². The molecule has 37 heavy (non-hydrogen) atoms. The van der Waals surface area contributed by atoms with Gasteiger partial charge in [0.05, 0.1) is 31.8 Å². The Morgan fingerprint density at radius 1 is 0.973 bits per heavy atom. The number of methoxy groups -OCH3 is 2. The maximum absolute atomic E-state index is 13.8. The van der Waals surface area contributed by atoms with Crippen LogP contribution in [0.1, 0.15) is 24.0 Å². The quantitative estimate of drug-likeness (QED) is 0.376. The molecule has 0 unspecified atom stereocenters. The third-order valence-corrected chi connectivity index (χ3v) is 6.93. The molecule has 4 aromatic rings. The van der Waals surface area contributed by atoms with Crippen LogP contribution in [0.3, 0.4) is 0 Å².